The van der Waals surface area contributed by atoms with E-state index >= 15 is 0 Å². The highest BCUT2D eigenvalue weighted by Crippen LogP contribution is 2.44. The molecule has 31 heavy (non-hydrogen) atoms. The Balaban J connectivity index is 1.34. The number of hydrogen-bond acceptors (Lipinski definition) is 7. The van der Waals surface area contributed by atoms with Gasteiger partial charge >= 0.3 is 5.97 Å². The number of likely N-dealkylation sites (tertiary alicyclic amines) is 1. The fourth-order valence-electron chi connectivity index (χ4n) is 5.49. The molecule has 2 bridgehead atoms. The van der Waals surface area contributed by atoms with E-state index in [-0.39, 0.29) is 18.3 Å². The van der Waals surface area contributed by atoms with Crippen LogP contribution in [0.3, 0.4) is 0 Å². The minimum atomic E-state index is -1.08. The molecule has 2 unspecified atom stereocenters. The standard InChI is InChI=1S/C23H28N4O3S/c28-20(29)11-23(30)16-4-2-1-3-5-17(23)14-27(13-16)12-15-6-7-19-18(10-15)26-21-22(31-19)25-9-8-24-21/h6-10,16-17,30H,1-5,11-14H2,(H,24,26)(H,28,29). The molecule has 3 heterocycles. The number of nitrogens with one attached hydrogen (secondary N) is 1. The van der Waals surface area contributed by atoms with Gasteiger partial charge in [-0.2, -0.15) is 0 Å². The summed E-state index contributed by atoms with van der Waals surface area (Å²) < 4.78 is 0. The van der Waals surface area contributed by atoms with Gasteiger partial charge in [-0.25, -0.2) is 9.97 Å². The summed E-state index contributed by atoms with van der Waals surface area (Å²) in [6.45, 7) is 2.28. The molecule has 0 amide bonds. The summed E-state index contributed by atoms with van der Waals surface area (Å²) in [5, 5.41) is 25.1. The molecule has 3 N–H and O–H groups in total. The van der Waals surface area contributed by atoms with Gasteiger partial charge in [0.05, 0.1) is 17.7 Å². The third-order valence-corrected chi connectivity index (χ3v) is 8.05. The average Bonchev–Trinajstić information content (AvgIpc) is 2.74. The fourth-order valence-corrected chi connectivity index (χ4v) is 6.36. The van der Waals surface area contributed by atoms with Crippen molar-refractivity contribution in [3.63, 3.8) is 0 Å². The van der Waals surface area contributed by atoms with Crippen molar-refractivity contribution in [1.29, 1.82) is 0 Å². The average molecular weight is 441 g/mol. The van der Waals surface area contributed by atoms with Gasteiger partial charge in [0.15, 0.2) is 5.82 Å². The van der Waals surface area contributed by atoms with E-state index in [9.17, 15) is 15.0 Å². The Morgan fingerprint density at radius 1 is 1.16 bits per heavy atom. The Kier molecular flexibility index (Phi) is 5.62. The van der Waals surface area contributed by atoms with Crippen LogP contribution < -0.4 is 5.32 Å². The second-order valence-corrected chi connectivity index (χ2v) is 10.1. The number of carboxylic acid groups (broad SMARTS) is 1. The molecule has 3 aliphatic rings. The van der Waals surface area contributed by atoms with Crippen LogP contribution in [0.25, 0.3) is 0 Å². The van der Waals surface area contributed by atoms with Crippen molar-refractivity contribution in [2.45, 2.75) is 60.6 Å². The summed E-state index contributed by atoms with van der Waals surface area (Å²) in [4.78, 5) is 23.8. The van der Waals surface area contributed by atoms with Crippen molar-refractivity contribution in [3.8, 4) is 0 Å². The Hall–Kier alpha value is -2.16. The number of piperidine rings is 1. The zero-order valence-electron chi connectivity index (χ0n) is 17.5. The molecule has 2 fully saturated rings. The number of anilines is 2. The number of aromatic nitrogens is 2. The van der Waals surface area contributed by atoms with Crippen molar-refractivity contribution >= 4 is 29.2 Å². The number of carboxylic acids is 1. The predicted octanol–water partition coefficient (Wildman–Crippen LogP) is 3.90. The van der Waals surface area contributed by atoms with Crippen molar-refractivity contribution in [1.82, 2.24) is 14.9 Å². The first-order valence-corrected chi connectivity index (χ1v) is 11.9. The highest BCUT2D eigenvalue weighted by atomic mass is 32.2. The summed E-state index contributed by atoms with van der Waals surface area (Å²) >= 11 is 1.62. The molecule has 164 valence electrons. The molecule has 2 aromatic rings. The van der Waals surface area contributed by atoms with E-state index in [1.807, 2.05) is 0 Å². The Labute approximate surface area is 186 Å². The molecule has 7 nitrogen and oxygen atoms in total. The lowest BCUT2D eigenvalue weighted by atomic mass is 9.66. The quantitative estimate of drug-likeness (QED) is 0.562. The fraction of sp³-hybridized carbons (Fsp3) is 0.522. The SMILES string of the molecule is O=C(O)CC1(O)C2CCCCCC1CN(Cc1ccc3c(c1)Nc1nccnc1S3)C2. The molecule has 5 rings (SSSR count). The number of aliphatic carboxylic acids is 1. The molecule has 2 aliphatic heterocycles. The molecular weight excluding hydrogens is 412 g/mol. The van der Waals surface area contributed by atoms with E-state index in [1.54, 1.807) is 24.2 Å². The van der Waals surface area contributed by atoms with Crippen molar-refractivity contribution in [2.24, 2.45) is 11.8 Å². The van der Waals surface area contributed by atoms with Crippen LogP contribution in [0.2, 0.25) is 0 Å². The zero-order valence-corrected chi connectivity index (χ0v) is 18.3. The number of fused-ring (bicyclic) bond motifs is 4. The largest absolute Gasteiger partial charge is 0.481 e. The number of hydrogen-bond donors (Lipinski definition) is 3. The van der Waals surface area contributed by atoms with Gasteiger partial charge in [-0.15, -0.1) is 0 Å². The number of benzene rings is 1. The van der Waals surface area contributed by atoms with E-state index in [2.05, 4.69) is 38.4 Å². The summed E-state index contributed by atoms with van der Waals surface area (Å²) in [5.41, 5.74) is 1.17. The van der Waals surface area contributed by atoms with Crippen LogP contribution in [0.5, 0.6) is 0 Å². The normalized spacial score (nSPS) is 27.9. The maximum Gasteiger partial charge on any atom is 0.306 e. The van der Waals surface area contributed by atoms with E-state index in [0.29, 0.717) is 0 Å². The van der Waals surface area contributed by atoms with Gasteiger partial charge in [-0.05, 0) is 30.5 Å². The third kappa shape index (κ3) is 4.16. The van der Waals surface area contributed by atoms with E-state index in [0.717, 1.165) is 66.7 Å². The lowest BCUT2D eigenvalue weighted by Crippen LogP contribution is -2.59. The second-order valence-electron chi connectivity index (χ2n) is 9.06. The number of rotatable bonds is 4. The maximum atomic E-state index is 11.5. The zero-order chi connectivity index (χ0) is 21.4. The van der Waals surface area contributed by atoms with Gasteiger partial charge < -0.3 is 15.5 Å². The minimum absolute atomic E-state index is 0.0103. The van der Waals surface area contributed by atoms with Crippen LogP contribution in [0, 0.1) is 11.8 Å². The van der Waals surface area contributed by atoms with E-state index in [1.165, 1.54) is 12.0 Å². The van der Waals surface area contributed by atoms with Crippen LogP contribution in [0.1, 0.15) is 44.1 Å². The second kappa shape index (κ2) is 8.41. The van der Waals surface area contributed by atoms with Gasteiger partial charge in [0, 0.05) is 48.8 Å². The van der Waals surface area contributed by atoms with Gasteiger partial charge in [0.1, 0.15) is 5.03 Å². The molecule has 1 aromatic carbocycles. The van der Waals surface area contributed by atoms with E-state index in [4.69, 9.17) is 0 Å². The van der Waals surface area contributed by atoms with Crippen molar-refractivity contribution in [2.75, 3.05) is 18.4 Å². The van der Waals surface area contributed by atoms with E-state index < -0.39 is 11.6 Å². The van der Waals surface area contributed by atoms with Crippen LogP contribution >= 0.6 is 11.8 Å². The summed E-state index contributed by atoms with van der Waals surface area (Å²) in [6, 6.07) is 6.46. The molecule has 0 radical (unpaired) electrons. The summed E-state index contributed by atoms with van der Waals surface area (Å²) in [7, 11) is 0. The summed E-state index contributed by atoms with van der Waals surface area (Å²) in [6.07, 6.45) is 8.35. The minimum Gasteiger partial charge on any atom is -0.481 e. The lowest BCUT2D eigenvalue weighted by Gasteiger charge is -2.50. The highest BCUT2D eigenvalue weighted by Gasteiger charge is 2.49. The number of carbonyl (C=O) groups is 1. The topological polar surface area (TPSA) is 98.6 Å². The maximum absolute atomic E-state index is 11.5. The Morgan fingerprint density at radius 2 is 1.90 bits per heavy atom. The number of nitrogens with zero attached hydrogens (tertiary/aromatic N) is 3. The molecule has 1 aromatic heterocycles. The monoisotopic (exact) mass is 440 g/mol. The smallest absolute Gasteiger partial charge is 0.306 e. The van der Waals surface area contributed by atoms with Crippen LogP contribution in [0.4, 0.5) is 11.5 Å². The first-order chi connectivity index (χ1) is 15.0. The van der Waals surface area contributed by atoms with Crippen molar-refractivity contribution in [3.05, 3.63) is 36.2 Å². The molecule has 1 saturated heterocycles. The molecule has 0 spiro atoms. The Morgan fingerprint density at radius 3 is 2.65 bits per heavy atom. The molecular formula is C23H28N4O3S. The van der Waals surface area contributed by atoms with Gasteiger partial charge in [0.25, 0.3) is 0 Å². The number of aliphatic hydroxyl groups is 1. The predicted molar refractivity (Wildman–Crippen MR) is 118 cm³/mol. The molecule has 2 atom stereocenters. The van der Waals surface area contributed by atoms with Crippen molar-refractivity contribution < 1.29 is 15.0 Å². The Bertz CT molecular complexity index is 969. The van der Waals surface area contributed by atoms with Gasteiger partial charge in [0.2, 0.25) is 0 Å². The van der Waals surface area contributed by atoms with Gasteiger partial charge in [-0.3, -0.25) is 9.69 Å². The molecule has 1 saturated carbocycles. The first kappa shape index (κ1) is 20.7. The summed E-state index contributed by atoms with van der Waals surface area (Å²) in [5.74, 6) is -0.0866. The van der Waals surface area contributed by atoms with Crippen LogP contribution in [-0.2, 0) is 11.3 Å². The first-order valence-electron chi connectivity index (χ1n) is 11.1. The highest BCUT2D eigenvalue weighted by molar-refractivity contribution is 7.99. The lowest BCUT2D eigenvalue weighted by molar-refractivity contribution is -0.162. The van der Waals surface area contributed by atoms with Crippen LogP contribution in [0.15, 0.2) is 40.5 Å². The van der Waals surface area contributed by atoms with Crippen LogP contribution in [-0.4, -0.2) is 49.7 Å². The van der Waals surface area contributed by atoms with Gasteiger partial charge in [-0.1, -0.05) is 37.1 Å². The molecule has 8 heteroatoms. The third-order valence-electron chi connectivity index (χ3n) is 6.99. The molecule has 1 aliphatic carbocycles.